The Bertz CT molecular complexity index is 916. The lowest BCUT2D eigenvalue weighted by atomic mass is 9.78. The van der Waals surface area contributed by atoms with E-state index in [-0.39, 0.29) is 32.4 Å². The molecule has 1 aliphatic heterocycles. The summed E-state index contributed by atoms with van der Waals surface area (Å²) in [5.74, 6) is -1.95. The van der Waals surface area contributed by atoms with Gasteiger partial charge in [0, 0.05) is 49.5 Å². The van der Waals surface area contributed by atoms with Gasteiger partial charge in [0.15, 0.2) is 0 Å². The van der Waals surface area contributed by atoms with E-state index < -0.39 is 46.3 Å². The monoisotopic (exact) mass is 469 g/mol. The first-order valence-electron chi connectivity index (χ1n) is 10.7. The number of aliphatic carboxylic acids is 1. The molecule has 3 atom stereocenters. The van der Waals surface area contributed by atoms with Crippen LogP contribution in [-0.2, 0) is 21.5 Å². The predicted molar refractivity (Wildman–Crippen MR) is 118 cm³/mol. The van der Waals surface area contributed by atoms with Crippen LogP contribution in [0.1, 0.15) is 38.2 Å². The second-order valence-electron chi connectivity index (χ2n) is 9.06. The van der Waals surface area contributed by atoms with E-state index in [0.717, 1.165) is 9.87 Å². The Morgan fingerprint density at radius 1 is 1.34 bits per heavy atom. The number of carboxylic acid groups (broad SMARTS) is 1. The van der Waals surface area contributed by atoms with Crippen molar-refractivity contribution in [3.05, 3.63) is 30.1 Å². The van der Waals surface area contributed by atoms with Crippen molar-refractivity contribution >= 4 is 23.3 Å². The van der Waals surface area contributed by atoms with Gasteiger partial charge in [-0.15, -0.1) is 0 Å². The minimum Gasteiger partial charge on any atom is -0.480 e. The lowest BCUT2D eigenvalue weighted by Gasteiger charge is -2.35. The molecule has 0 amide bonds. The highest BCUT2D eigenvalue weighted by molar-refractivity contribution is 7.86. The number of pyridine rings is 1. The summed E-state index contributed by atoms with van der Waals surface area (Å²) < 4.78 is 29.9. The highest BCUT2D eigenvalue weighted by Gasteiger charge is 2.55. The zero-order valence-corrected chi connectivity index (χ0v) is 19.0. The number of carboxylic acids is 1. The summed E-state index contributed by atoms with van der Waals surface area (Å²) in [6.07, 6.45) is 5.20. The summed E-state index contributed by atoms with van der Waals surface area (Å²) in [7, 11) is -5.61. The van der Waals surface area contributed by atoms with Gasteiger partial charge in [-0.2, -0.15) is 17.0 Å². The maximum absolute atomic E-state index is 13.7. The Labute approximate surface area is 188 Å². The van der Waals surface area contributed by atoms with Gasteiger partial charge in [-0.05, 0) is 50.2 Å². The van der Waals surface area contributed by atoms with E-state index in [4.69, 9.17) is 21.5 Å². The Hall–Kier alpha value is -1.61. The molecule has 2 heterocycles. The molecule has 13 heteroatoms. The standard InChI is InChI=1S/C19H32BN5O6S/c1-14(18(21)6-7-18)25(11-15-4-9-23-10-5-15)32(30,31)24-12-16(3-2-8-20(28)29)19(22,13-24)17(26)27/h4-5,9-10,14,16,28-29H,2-3,6-8,11-13,21-22H2,1H3,(H,26,27)/t14?,16-,19-/m0/s1. The quantitative estimate of drug-likeness (QED) is 0.253. The van der Waals surface area contributed by atoms with Crippen molar-refractivity contribution in [3.8, 4) is 0 Å². The van der Waals surface area contributed by atoms with Crippen LogP contribution in [-0.4, -0.2) is 80.5 Å². The fourth-order valence-electron chi connectivity index (χ4n) is 4.29. The van der Waals surface area contributed by atoms with Crippen molar-refractivity contribution in [1.82, 2.24) is 13.6 Å². The molecule has 32 heavy (non-hydrogen) atoms. The van der Waals surface area contributed by atoms with Gasteiger partial charge in [0.2, 0.25) is 0 Å². The zero-order chi connectivity index (χ0) is 23.7. The minimum absolute atomic E-state index is 0.0554. The Kier molecular flexibility index (Phi) is 7.30. The van der Waals surface area contributed by atoms with Crippen molar-refractivity contribution in [2.45, 2.75) is 62.6 Å². The highest BCUT2D eigenvalue weighted by Crippen LogP contribution is 2.41. The molecule has 0 radical (unpaired) electrons. The van der Waals surface area contributed by atoms with Gasteiger partial charge in [0.1, 0.15) is 5.54 Å². The first-order chi connectivity index (χ1) is 14.9. The van der Waals surface area contributed by atoms with Crippen LogP contribution >= 0.6 is 0 Å². The average molecular weight is 469 g/mol. The fourth-order valence-corrected chi connectivity index (χ4v) is 6.26. The molecule has 11 nitrogen and oxygen atoms in total. The van der Waals surface area contributed by atoms with Crippen LogP contribution in [0.25, 0.3) is 0 Å². The molecule has 0 aromatic carbocycles. The molecule has 178 valence electrons. The summed E-state index contributed by atoms with van der Waals surface area (Å²) in [5.41, 5.74) is 10.9. The summed E-state index contributed by atoms with van der Waals surface area (Å²) >= 11 is 0. The van der Waals surface area contributed by atoms with Crippen LogP contribution in [0.2, 0.25) is 6.32 Å². The maximum atomic E-state index is 13.7. The van der Waals surface area contributed by atoms with E-state index in [2.05, 4.69) is 4.98 Å². The van der Waals surface area contributed by atoms with Crippen LogP contribution < -0.4 is 11.5 Å². The number of hydrogen-bond donors (Lipinski definition) is 5. The number of aromatic nitrogens is 1. The third-order valence-electron chi connectivity index (χ3n) is 6.81. The molecule has 0 bridgehead atoms. The molecule has 1 saturated heterocycles. The number of nitrogens with zero attached hydrogens (tertiary/aromatic N) is 3. The highest BCUT2D eigenvalue weighted by atomic mass is 32.2. The Morgan fingerprint density at radius 2 is 1.97 bits per heavy atom. The molecule has 1 aliphatic carbocycles. The van der Waals surface area contributed by atoms with Crippen molar-refractivity contribution in [2.24, 2.45) is 17.4 Å². The summed E-state index contributed by atoms with van der Waals surface area (Å²) in [6.45, 7) is 1.42. The smallest absolute Gasteiger partial charge is 0.451 e. The second kappa shape index (κ2) is 9.33. The topological polar surface area (TPSA) is 183 Å². The van der Waals surface area contributed by atoms with Gasteiger partial charge in [-0.3, -0.25) is 9.78 Å². The molecule has 2 fully saturated rings. The van der Waals surface area contributed by atoms with Crippen LogP contribution in [0.5, 0.6) is 0 Å². The summed E-state index contributed by atoms with van der Waals surface area (Å²) in [4.78, 5) is 15.9. The number of nitrogens with two attached hydrogens (primary N) is 2. The minimum atomic E-state index is -4.10. The summed E-state index contributed by atoms with van der Waals surface area (Å²) in [6, 6.07) is 2.95. The van der Waals surface area contributed by atoms with E-state index in [1.54, 1.807) is 31.5 Å². The number of rotatable bonds is 11. The molecule has 7 N–H and O–H groups in total. The molecule has 0 spiro atoms. The molecule has 1 aromatic heterocycles. The number of hydrogen-bond acceptors (Lipinski definition) is 8. The SMILES string of the molecule is CC(N(Cc1ccncc1)S(=O)(=O)N1C[C@H](CCCB(O)O)[C@](N)(C(=O)O)C1)C1(N)CC1. The second-order valence-corrected chi connectivity index (χ2v) is 10.9. The van der Waals surface area contributed by atoms with Gasteiger partial charge in [-0.25, -0.2) is 0 Å². The molecule has 2 aliphatic rings. The average Bonchev–Trinajstić information content (AvgIpc) is 3.38. The third-order valence-corrected chi connectivity index (χ3v) is 8.77. The van der Waals surface area contributed by atoms with Gasteiger partial charge in [0.05, 0.1) is 0 Å². The van der Waals surface area contributed by atoms with Crippen molar-refractivity contribution in [1.29, 1.82) is 0 Å². The molecular formula is C19H32BN5O6S. The molecule has 3 rings (SSSR count). The van der Waals surface area contributed by atoms with E-state index in [9.17, 15) is 18.3 Å². The molecule has 1 unspecified atom stereocenters. The van der Waals surface area contributed by atoms with E-state index in [1.165, 1.54) is 4.31 Å². The molecule has 1 saturated carbocycles. The van der Waals surface area contributed by atoms with Crippen LogP contribution in [0.3, 0.4) is 0 Å². The van der Waals surface area contributed by atoms with Gasteiger partial charge in [0.25, 0.3) is 10.2 Å². The molecule has 1 aromatic rings. The fraction of sp³-hybridized carbons (Fsp3) is 0.684. The first kappa shape index (κ1) is 25.0. The van der Waals surface area contributed by atoms with Crippen molar-refractivity contribution in [3.63, 3.8) is 0 Å². The van der Waals surface area contributed by atoms with Crippen molar-refractivity contribution < 1.29 is 28.4 Å². The largest absolute Gasteiger partial charge is 0.480 e. The first-order valence-corrected chi connectivity index (χ1v) is 12.1. The summed E-state index contributed by atoms with van der Waals surface area (Å²) in [5, 5.41) is 27.9. The van der Waals surface area contributed by atoms with Crippen molar-refractivity contribution in [2.75, 3.05) is 13.1 Å². The zero-order valence-electron chi connectivity index (χ0n) is 18.2. The Balaban J connectivity index is 1.87. The van der Waals surface area contributed by atoms with E-state index >= 15 is 0 Å². The number of carbonyl (C=O) groups is 1. The Morgan fingerprint density at radius 3 is 2.50 bits per heavy atom. The third kappa shape index (κ3) is 5.14. The van der Waals surface area contributed by atoms with E-state index in [0.29, 0.717) is 19.3 Å². The van der Waals surface area contributed by atoms with Gasteiger partial charge >= 0.3 is 13.1 Å². The lowest BCUT2D eigenvalue weighted by Crippen LogP contribution is -2.57. The predicted octanol–water partition coefficient (Wildman–Crippen LogP) is -1.02. The molecular weight excluding hydrogens is 437 g/mol. The van der Waals surface area contributed by atoms with E-state index in [1.807, 2.05) is 0 Å². The van der Waals surface area contributed by atoms with Gasteiger partial charge in [-0.1, -0.05) is 6.42 Å². The van der Waals surface area contributed by atoms with Crippen LogP contribution in [0.15, 0.2) is 24.5 Å². The lowest BCUT2D eigenvalue weighted by molar-refractivity contribution is -0.144. The van der Waals surface area contributed by atoms with Crippen LogP contribution in [0.4, 0.5) is 0 Å². The van der Waals surface area contributed by atoms with Crippen LogP contribution in [0, 0.1) is 5.92 Å². The normalized spacial score (nSPS) is 26.2. The maximum Gasteiger partial charge on any atom is 0.451 e. The van der Waals surface area contributed by atoms with Gasteiger partial charge < -0.3 is 26.6 Å².